The van der Waals surface area contributed by atoms with Crippen molar-refractivity contribution in [3.05, 3.63) is 30.1 Å². The molecule has 0 spiro atoms. The van der Waals surface area contributed by atoms with Gasteiger partial charge in [0, 0.05) is 49.7 Å². The zero-order valence-electron chi connectivity index (χ0n) is 14.8. The zero-order valence-corrected chi connectivity index (χ0v) is 15.6. The topological polar surface area (TPSA) is 73.0 Å². The van der Waals surface area contributed by atoms with Gasteiger partial charge >= 0.3 is 0 Å². The molecule has 1 aliphatic heterocycles. The van der Waals surface area contributed by atoms with Gasteiger partial charge in [0.15, 0.2) is 0 Å². The van der Waals surface area contributed by atoms with Crippen LogP contribution < -0.4 is 0 Å². The van der Waals surface area contributed by atoms with E-state index in [-0.39, 0.29) is 6.04 Å². The molecule has 2 fully saturated rings. The lowest BCUT2D eigenvalue weighted by Gasteiger charge is -2.33. The fourth-order valence-electron chi connectivity index (χ4n) is 3.73. The lowest BCUT2D eigenvalue weighted by atomic mass is 10.1. The van der Waals surface area contributed by atoms with Gasteiger partial charge in [0.2, 0.25) is 10.0 Å². The SMILES string of the molecule is CCn1cc(S(=O)(=O)N2CCCC(n3c(C)cnc3C3CC3)C2)cn1. The highest BCUT2D eigenvalue weighted by Gasteiger charge is 2.35. The van der Waals surface area contributed by atoms with E-state index in [9.17, 15) is 8.42 Å². The summed E-state index contributed by atoms with van der Waals surface area (Å²) < 4.78 is 31.5. The van der Waals surface area contributed by atoms with Crippen LogP contribution in [0.5, 0.6) is 0 Å². The number of aromatic nitrogens is 4. The molecule has 0 amide bonds. The van der Waals surface area contributed by atoms with Crippen LogP contribution in [0.4, 0.5) is 0 Å². The van der Waals surface area contributed by atoms with Crippen molar-refractivity contribution in [2.75, 3.05) is 13.1 Å². The van der Waals surface area contributed by atoms with E-state index in [1.807, 2.05) is 13.1 Å². The maximum atomic E-state index is 13.0. The number of piperidine rings is 1. The average molecular weight is 363 g/mol. The Hall–Kier alpha value is -1.67. The summed E-state index contributed by atoms with van der Waals surface area (Å²) in [6, 6.07) is 0.169. The van der Waals surface area contributed by atoms with Gasteiger partial charge in [-0.2, -0.15) is 9.40 Å². The average Bonchev–Trinajstić information content (AvgIpc) is 3.20. The first-order valence-electron chi connectivity index (χ1n) is 9.07. The van der Waals surface area contributed by atoms with E-state index < -0.39 is 10.0 Å². The highest BCUT2D eigenvalue weighted by molar-refractivity contribution is 7.89. The molecule has 4 rings (SSSR count). The molecule has 0 aromatic carbocycles. The van der Waals surface area contributed by atoms with Crippen LogP contribution in [-0.4, -0.2) is 45.1 Å². The molecule has 1 unspecified atom stereocenters. The normalized spacial score (nSPS) is 22.4. The summed E-state index contributed by atoms with van der Waals surface area (Å²) in [5.74, 6) is 1.70. The van der Waals surface area contributed by atoms with Crippen molar-refractivity contribution < 1.29 is 8.42 Å². The summed E-state index contributed by atoms with van der Waals surface area (Å²) in [5.41, 5.74) is 1.13. The maximum absolute atomic E-state index is 13.0. The molecule has 2 aliphatic rings. The van der Waals surface area contributed by atoms with Gasteiger partial charge in [0.05, 0.1) is 6.20 Å². The van der Waals surface area contributed by atoms with Crippen molar-refractivity contribution in [2.45, 2.75) is 62.9 Å². The molecule has 2 aromatic rings. The van der Waals surface area contributed by atoms with Gasteiger partial charge < -0.3 is 4.57 Å². The predicted octanol–water partition coefficient (Wildman–Crippen LogP) is 2.31. The fourth-order valence-corrected chi connectivity index (χ4v) is 5.20. The molecule has 0 bridgehead atoms. The van der Waals surface area contributed by atoms with Crippen molar-refractivity contribution in [3.63, 3.8) is 0 Å². The summed E-state index contributed by atoms with van der Waals surface area (Å²) in [6.07, 6.45) is 9.26. The van der Waals surface area contributed by atoms with Crippen molar-refractivity contribution in [1.82, 2.24) is 23.6 Å². The molecular weight excluding hydrogens is 338 g/mol. The Morgan fingerprint density at radius 2 is 2.04 bits per heavy atom. The summed E-state index contributed by atoms with van der Waals surface area (Å²) in [7, 11) is -3.49. The number of sulfonamides is 1. The first kappa shape index (κ1) is 16.8. The number of imidazole rings is 1. The van der Waals surface area contributed by atoms with Gasteiger partial charge in [0.1, 0.15) is 10.7 Å². The standard InChI is InChI=1S/C17H25N5O2S/c1-3-20-12-16(10-19-20)25(23,24)21-8-4-5-15(11-21)22-13(2)9-18-17(22)14-6-7-14/h9-10,12,14-15H,3-8,11H2,1-2H3. The van der Waals surface area contributed by atoms with E-state index >= 15 is 0 Å². The second kappa shape index (κ2) is 6.25. The Kier molecular flexibility index (Phi) is 4.19. The monoisotopic (exact) mass is 363 g/mol. The molecule has 25 heavy (non-hydrogen) atoms. The Morgan fingerprint density at radius 3 is 2.72 bits per heavy atom. The largest absolute Gasteiger partial charge is 0.328 e. The second-order valence-electron chi connectivity index (χ2n) is 7.09. The van der Waals surface area contributed by atoms with Crippen LogP contribution in [0.1, 0.15) is 56.1 Å². The van der Waals surface area contributed by atoms with E-state index in [0.717, 1.165) is 24.4 Å². The Bertz CT molecular complexity index is 865. The first-order chi connectivity index (χ1) is 12.0. The van der Waals surface area contributed by atoms with Crippen molar-refractivity contribution >= 4 is 10.0 Å². The lowest BCUT2D eigenvalue weighted by molar-refractivity contribution is 0.261. The van der Waals surface area contributed by atoms with Gasteiger partial charge in [-0.25, -0.2) is 13.4 Å². The molecule has 136 valence electrons. The third-order valence-electron chi connectivity index (χ3n) is 5.25. The van der Waals surface area contributed by atoms with Crippen LogP contribution in [0.25, 0.3) is 0 Å². The van der Waals surface area contributed by atoms with E-state index in [1.165, 1.54) is 19.0 Å². The minimum atomic E-state index is -3.49. The highest BCUT2D eigenvalue weighted by atomic mass is 32.2. The van der Waals surface area contributed by atoms with Crippen molar-refractivity contribution in [2.24, 2.45) is 0 Å². The lowest BCUT2D eigenvalue weighted by Crippen LogP contribution is -2.41. The molecule has 1 saturated heterocycles. The highest BCUT2D eigenvalue weighted by Crippen LogP contribution is 2.41. The molecule has 3 heterocycles. The first-order valence-corrected chi connectivity index (χ1v) is 10.5. The molecule has 0 N–H and O–H groups in total. The molecule has 1 saturated carbocycles. The molecular formula is C17H25N5O2S. The van der Waals surface area contributed by atoms with Crippen LogP contribution in [0.2, 0.25) is 0 Å². The number of rotatable bonds is 5. The maximum Gasteiger partial charge on any atom is 0.246 e. The van der Waals surface area contributed by atoms with Gasteiger partial charge in [-0.05, 0) is 39.5 Å². The predicted molar refractivity (Wildman–Crippen MR) is 93.9 cm³/mol. The summed E-state index contributed by atoms with van der Waals surface area (Å²) in [5, 5.41) is 4.12. The van der Waals surface area contributed by atoms with Gasteiger partial charge in [-0.1, -0.05) is 0 Å². The third-order valence-corrected chi connectivity index (χ3v) is 7.07. The molecule has 1 atom stereocenters. The van der Waals surface area contributed by atoms with E-state index in [4.69, 9.17) is 0 Å². The zero-order chi connectivity index (χ0) is 17.6. The van der Waals surface area contributed by atoms with Crippen LogP contribution in [0.3, 0.4) is 0 Å². The van der Waals surface area contributed by atoms with E-state index in [0.29, 0.717) is 30.4 Å². The Balaban J connectivity index is 1.60. The quantitative estimate of drug-likeness (QED) is 0.817. The second-order valence-corrected chi connectivity index (χ2v) is 9.03. The smallest absolute Gasteiger partial charge is 0.246 e. The molecule has 1 aliphatic carbocycles. The van der Waals surface area contributed by atoms with Gasteiger partial charge in [0.25, 0.3) is 0 Å². The van der Waals surface area contributed by atoms with Crippen LogP contribution in [0, 0.1) is 6.92 Å². The van der Waals surface area contributed by atoms with Gasteiger partial charge in [-0.15, -0.1) is 0 Å². The number of hydrogen-bond acceptors (Lipinski definition) is 4. The molecule has 2 aromatic heterocycles. The van der Waals surface area contributed by atoms with Crippen LogP contribution in [-0.2, 0) is 16.6 Å². The number of aryl methyl sites for hydroxylation is 2. The van der Waals surface area contributed by atoms with Crippen LogP contribution in [0.15, 0.2) is 23.5 Å². The fraction of sp³-hybridized carbons (Fsp3) is 0.647. The number of hydrogen-bond donors (Lipinski definition) is 0. The Labute approximate surface area is 148 Å². The van der Waals surface area contributed by atoms with Crippen LogP contribution >= 0.6 is 0 Å². The van der Waals surface area contributed by atoms with E-state index in [2.05, 4.69) is 21.6 Å². The molecule has 8 heteroatoms. The third kappa shape index (κ3) is 3.01. The minimum Gasteiger partial charge on any atom is -0.328 e. The van der Waals surface area contributed by atoms with Crippen molar-refractivity contribution in [1.29, 1.82) is 0 Å². The molecule has 7 nitrogen and oxygen atoms in total. The summed E-state index contributed by atoms with van der Waals surface area (Å²) in [4.78, 5) is 4.89. The summed E-state index contributed by atoms with van der Waals surface area (Å²) in [6.45, 7) is 5.76. The van der Waals surface area contributed by atoms with Gasteiger partial charge in [-0.3, -0.25) is 4.68 Å². The van der Waals surface area contributed by atoms with E-state index in [1.54, 1.807) is 15.2 Å². The minimum absolute atomic E-state index is 0.169. The number of nitrogens with zero attached hydrogens (tertiary/aromatic N) is 5. The Morgan fingerprint density at radius 1 is 1.24 bits per heavy atom. The molecule has 0 radical (unpaired) electrons. The summed E-state index contributed by atoms with van der Waals surface area (Å²) >= 11 is 0. The van der Waals surface area contributed by atoms with Crippen molar-refractivity contribution in [3.8, 4) is 0 Å².